The maximum atomic E-state index is 2.35. The number of rotatable bonds is 5. The van der Waals surface area contributed by atoms with Gasteiger partial charge in [-0.3, -0.25) is 0 Å². The molecule has 0 heteroatoms. The van der Waals surface area contributed by atoms with Crippen molar-refractivity contribution in [1.29, 1.82) is 0 Å². The van der Waals surface area contributed by atoms with E-state index < -0.39 is 0 Å². The Morgan fingerprint density at radius 3 is 0.974 bits per heavy atom. The van der Waals surface area contributed by atoms with E-state index in [1.54, 1.807) is 0 Å². The molecule has 0 fully saturated rings. The van der Waals surface area contributed by atoms with E-state index in [-0.39, 0.29) is 0 Å². The third-order valence-electron chi connectivity index (χ3n) is 7.27. The van der Waals surface area contributed by atoms with Gasteiger partial charge in [0.05, 0.1) is 0 Å². The summed E-state index contributed by atoms with van der Waals surface area (Å²) in [5, 5.41) is 0. The van der Waals surface area contributed by atoms with Crippen molar-refractivity contribution >= 4 is 0 Å². The van der Waals surface area contributed by atoms with Crippen LogP contribution in [-0.2, 0) is 0 Å². The van der Waals surface area contributed by atoms with E-state index in [2.05, 4.69) is 159 Å². The topological polar surface area (TPSA) is 0 Å². The SMILES string of the molecule is Cc1ccc(-c2ccc(-c3ccc(-c4ccc(C)cc4)cc3-c3ccccc3)c(-c3ccccc3)c2)cc1. The first kappa shape index (κ1) is 23.7. The summed E-state index contributed by atoms with van der Waals surface area (Å²) in [5.41, 5.74) is 14.9. The van der Waals surface area contributed by atoms with Gasteiger partial charge in [0.15, 0.2) is 0 Å². The number of benzene rings is 6. The first-order chi connectivity index (χ1) is 18.7. The lowest BCUT2D eigenvalue weighted by atomic mass is 9.86. The van der Waals surface area contributed by atoms with Crippen LogP contribution >= 0.6 is 0 Å². The molecule has 0 unspecified atom stereocenters. The van der Waals surface area contributed by atoms with Gasteiger partial charge in [0, 0.05) is 0 Å². The van der Waals surface area contributed by atoms with Crippen LogP contribution in [0.3, 0.4) is 0 Å². The van der Waals surface area contributed by atoms with Crippen LogP contribution in [0.25, 0.3) is 55.6 Å². The van der Waals surface area contributed by atoms with Crippen molar-refractivity contribution in [2.24, 2.45) is 0 Å². The van der Waals surface area contributed by atoms with Crippen molar-refractivity contribution in [3.63, 3.8) is 0 Å². The lowest BCUT2D eigenvalue weighted by molar-refractivity contribution is 1.46. The fourth-order valence-electron chi connectivity index (χ4n) is 5.12. The predicted molar refractivity (Wildman–Crippen MR) is 163 cm³/mol. The molecule has 0 N–H and O–H groups in total. The van der Waals surface area contributed by atoms with Crippen molar-refractivity contribution < 1.29 is 0 Å². The van der Waals surface area contributed by atoms with Gasteiger partial charge in [0.1, 0.15) is 0 Å². The fourth-order valence-corrected chi connectivity index (χ4v) is 5.12. The summed E-state index contributed by atoms with van der Waals surface area (Å²) < 4.78 is 0. The maximum absolute atomic E-state index is 2.35. The molecule has 0 aliphatic carbocycles. The summed E-state index contributed by atoms with van der Waals surface area (Å²) in [6.07, 6.45) is 0. The van der Waals surface area contributed by atoms with Gasteiger partial charge in [-0.1, -0.05) is 145 Å². The zero-order chi connectivity index (χ0) is 25.9. The standard InChI is InChI=1S/C38H30/c1-27-13-17-29(18-14-27)33-21-23-35(37(25-33)31-9-5-3-6-10-31)36-24-22-34(30-19-15-28(2)16-20-30)26-38(36)32-11-7-4-8-12-32/h3-26H,1-2H3. The van der Waals surface area contributed by atoms with Crippen LogP contribution in [0, 0.1) is 13.8 Å². The molecule has 6 rings (SSSR count). The molecule has 0 radical (unpaired) electrons. The first-order valence-electron chi connectivity index (χ1n) is 13.2. The third-order valence-corrected chi connectivity index (χ3v) is 7.27. The van der Waals surface area contributed by atoms with Gasteiger partial charge < -0.3 is 0 Å². The molecule has 0 saturated heterocycles. The summed E-state index contributed by atoms with van der Waals surface area (Å²) in [4.78, 5) is 0. The average molecular weight is 487 g/mol. The van der Waals surface area contributed by atoms with Gasteiger partial charge in [0.2, 0.25) is 0 Å². The monoisotopic (exact) mass is 486 g/mol. The molecule has 0 amide bonds. The largest absolute Gasteiger partial charge is 0.0622 e. The summed E-state index contributed by atoms with van der Waals surface area (Å²) in [6.45, 7) is 4.27. The van der Waals surface area contributed by atoms with Crippen molar-refractivity contribution in [3.05, 3.63) is 157 Å². The Hall–Kier alpha value is -4.68. The molecule has 0 aliphatic heterocycles. The quantitative estimate of drug-likeness (QED) is 0.227. The zero-order valence-electron chi connectivity index (χ0n) is 21.9. The summed E-state index contributed by atoms with van der Waals surface area (Å²) in [6, 6.07) is 52.9. The van der Waals surface area contributed by atoms with Gasteiger partial charge in [-0.2, -0.15) is 0 Å². The van der Waals surface area contributed by atoms with Gasteiger partial charge >= 0.3 is 0 Å². The summed E-state index contributed by atoms with van der Waals surface area (Å²) in [7, 11) is 0. The van der Waals surface area contributed by atoms with E-state index in [9.17, 15) is 0 Å². The number of aryl methyl sites for hydroxylation is 2. The van der Waals surface area contributed by atoms with E-state index in [0.717, 1.165) is 0 Å². The lowest BCUT2D eigenvalue weighted by Gasteiger charge is -2.18. The predicted octanol–water partition coefficient (Wildman–Crippen LogP) is 10.6. The molecule has 0 aliphatic rings. The second-order valence-corrected chi connectivity index (χ2v) is 9.98. The number of hydrogen-bond acceptors (Lipinski definition) is 0. The Morgan fingerprint density at radius 1 is 0.263 bits per heavy atom. The molecular formula is C38H30. The smallest absolute Gasteiger partial charge is 0.00987 e. The van der Waals surface area contributed by atoms with E-state index >= 15 is 0 Å². The molecule has 0 spiro atoms. The van der Waals surface area contributed by atoms with E-state index in [1.807, 2.05) is 0 Å². The minimum Gasteiger partial charge on any atom is -0.0622 e. The van der Waals surface area contributed by atoms with Crippen LogP contribution in [-0.4, -0.2) is 0 Å². The minimum atomic E-state index is 1.22. The maximum Gasteiger partial charge on any atom is -0.00987 e. The van der Waals surface area contributed by atoms with E-state index in [0.29, 0.717) is 0 Å². The molecule has 0 atom stereocenters. The Bertz CT molecular complexity index is 1540. The molecule has 6 aromatic rings. The van der Waals surface area contributed by atoms with Gasteiger partial charge in [-0.15, -0.1) is 0 Å². The molecule has 6 aromatic carbocycles. The second kappa shape index (κ2) is 10.4. The highest BCUT2D eigenvalue weighted by molar-refractivity contribution is 5.95. The third kappa shape index (κ3) is 4.82. The van der Waals surface area contributed by atoms with Crippen LogP contribution in [0.15, 0.2) is 146 Å². The minimum absolute atomic E-state index is 1.22. The highest BCUT2D eigenvalue weighted by atomic mass is 14.2. The summed E-state index contributed by atoms with van der Waals surface area (Å²) >= 11 is 0. The van der Waals surface area contributed by atoms with Gasteiger partial charge in [-0.25, -0.2) is 0 Å². The van der Waals surface area contributed by atoms with Gasteiger partial charge in [0.25, 0.3) is 0 Å². The molecule has 38 heavy (non-hydrogen) atoms. The van der Waals surface area contributed by atoms with Crippen LogP contribution in [0.1, 0.15) is 11.1 Å². The van der Waals surface area contributed by atoms with Crippen LogP contribution in [0.4, 0.5) is 0 Å². The molecule has 0 saturated carbocycles. The van der Waals surface area contributed by atoms with Crippen molar-refractivity contribution in [2.75, 3.05) is 0 Å². The van der Waals surface area contributed by atoms with Crippen molar-refractivity contribution in [2.45, 2.75) is 13.8 Å². The summed E-state index contributed by atoms with van der Waals surface area (Å²) in [5.74, 6) is 0. The average Bonchev–Trinajstić information content (AvgIpc) is 2.98. The Morgan fingerprint density at radius 2 is 0.605 bits per heavy atom. The second-order valence-electron chi connectivity index (χ2n) is 9.98. The van der Waals surface area contributed by atoms with Crippen molar-refractivity contribution in [1.82, 2.24) is 0 Å². The van der Waals surface area contributed by atoms with Gasteiger partial charge in [-0.05, 0) is 81.6 Å². The molecular weight excluding hydrogens is 456 g/mol. The molecule has 0 heterocycles. The molecule has 182 valence electrons. The highest BCUT2D eigenvalue weighted by Gasteiger charge is 2.15. The molecule has 0 nitrogen and oxygen atoms in total. The van der Waals surface area contributed by atoms with Crippen LogP contribution in [0.5, 0.6) is 0 Å². The molecule has 0 bridgehead atoms. The first-order valence-corrected chi connectivity index (χ1v) is 13.2. The van der Waals surface area contributed by atoms with Crippen LogP contribution in [0.2, 0.25) is 0 Å². The lowest BCUT2D eigenvalue weighted by Crippen LogP contribution is -1.92. The normalized spacial score (nSPS) is 10.9. The number of hydrogen-bond donors (Lipinski definition) is 0. The fraction of sp³-hybridized carbons (Fsp3) is 0.0526. The Kier molecular flexibility index (Phi) is 6.46. The molecule has 0 aromatic heterocycles. The Balaban J connectivity index is 1.57. The van der Waals surface area contributed by atoms with E-state index in [1.165, 1.54) is 66.8 Å². The van der Waals surface area contributed by atoms with E-state index in [4.69, 9.17) is 0 Å². The highest BCUT2D eigenvalue weighted by Crippen LogP contribution is 2.41. The zero-order valence-corrected chi connectivity index (χ0v) is 21.9. The van der Waals surface area contributed by atoms with Crippen LogP contribution < -0.4 is 0 Å². The van der Waals surface area contributed by atoms with Crippen molar-refractivity contribution in [3.8, 4) is 55.6 Å². The Labute approximate surface area is 225 Å².